The van der Waals surface area contributed by atoms with Crippen molar-refractivity contribution in [1.82, 2.24) is 5.32 Å². The van der Waals surface area contributed by atoms with Crippen molar-refractivity contribution in [3.8, 4) is 0 Å². The van der Waals surface area contributed by atoms with Crippen LogP contribution in [0.5, 0.6) is 0 Å². The monoisotopic (exact) mass is 1430 g/mol. The number of ether oxygens (including phenoxy) is 4. The molecular weight excluding hydrogens is 1270 g/mol. The molecule has 0 bridgehead atoms. The molecule has 14 heteroatoms. The van der Waals surface area contributed by atoms with Crippen molar-refractivity contribution in [3.63, 3.8) is 0 Å². The Bertz CT molecular complexity index is 1840. The Labute approximate surface area is 621 Å². The van der Waals surface area contributed by atoms with Crippen molar-refractivity contribution >= 4 is 5.91 Å². The lowest BCUT2D eigenvalue weighted by atomic mass is 9.97. The van der Waals surface area contributed by atoms with Crippen LogP contribution in [-0.4, -0.2) is 140 Å². The molecule has 101 heavy (non-hydrogen) atoms. The highest BCUT2D eigenvalue weighted by Crippen LogP contribution is 2.31. The molecule has 0 radical (unpaired) electrons. The highest BCUT2D eigenvalue weighted by atomic mass is 16.7. The Morgan fingerprint density at radius 2 is 0.634 bits per heavy atom. The molecule has 1 amide bonds. The van der Waals surface area contributed by atoms with Crippen LogP contribution in [0.3, 0.4) is 0 Å². The molecule has 2 rings (SSSR count). The molecule has 0 aliphatic carbocycles. The molecule has 0 aromatic heterocycles. The second kappa shape index (κ2) is 71.1. The number of amides is 1. The van der Waals surface area contributed by atoms with Crippen LogP contribution < -0.4 is 5.32 Å². The summed E-state index contributed by atoms with van der Waals surface area (Å²) in [5.74, 6) is -0.244. The van der Waals surface area contributed by atoms with E-state index in [4.69, 9.17) is 18.9 Å². The van der Waals surface area contributed by atoms with Crippen LogP contribution in [0.1, 0.15) is 418 Å². The molecule has 2 heterocycles. The number of unbranched alkanes of at least 4 members (excludes halogenated alkanes) is 58. The van der Waals surface area contributed by atoms with Gasteiger partial charge in [0.2, 0.25) is 5.91 Å². The van der Waals surface area contributed by atoms with Crippen LogP contribution in [0.25, 0.3) is 0 Å². The maximum Gasteiger partial charge on any atom is 0.220 e. The summed E-state index contributed by atoms with van der Waals surface area (Å²) in [5.41, 5.74) is 0. The van der Waals surface area contributed by atoms with Gasteiger partial charge in [-0.2, -0.15) is 0 Å². The minimum absolute atomic E-state index is 0.244. The highest BCUT2D eigenvalue weighted by Gasteiger charge is 2.51. The van der Waals surface area contributed by atoms with Gasteiger partial charge in [0.25, 0.3) is 0 Å². The van der Waals surface area contributed by atoms with Crippen molar-refractivity contribution in [2.75, 3.05) is 19.8 Å². The van der Waals surface area contributed by atoms with Crippen molar-refractivity contribution in [3.05, 3.63) is 36.5 Å². The summed E-state index contributed by atoms with van der Waals surface area (Å²) < 4.78 is 22.9. The molecule has 2 aliphatic rings. The second-order valence-corrected chi connectivity index (χ2v) is 31.0. The molecule has 0 aromatic rings. The van der Waals surface area contributed by atoms with Gasteiger partial charge in [-0.1, -0.05) is 403 Å². The normalized spacial score (nSPS) is 21.8. The van der Waals surface area contributed by atoms with Crippen LogP contribution in [0.2, 0.25) is 0 Å². The first kappa shape index (κ1) is 95.3. The Morgan fingerprint density at radius 1 is 0.347 bits per heavy atom. The number of nitrogens with one attached hydrogen (secondary N) is 1. The molecule has 0 spiro atoms. The van der Waals surface area contributed by atoms with Crippen LogP contribution >= 0.6 is 0 Å². The fourth-order valence-electron chi connectivity index (χ4n) is 14.7. The summed E-state index contributed by atoms with van der Waals surface area (Å²) in [5, 5.41) is 87.7. The summed E-state index contributed by atoms with van der Waals surface area (Å²) in [4.78, 5) is 13.4. The molecule has 2 saturated heterocycles. The van der Waals surface area contributed by atoms with E-state index in [2.05, 4.69) is 43.5 Å². The minimum Gasteiger partial charge on any atom is -0.394 e. The van der Waals surface area contributed by atoms with E-state index in [1.807, 2.05) is 6.08 Å². The second-order valence-electron chi connectivity index (χ2n) is 31.0. The first-order valence-electron chi connectivity index (χ1n) is 43.7. The first-order chi connectivity index (χ1) is 49.6. The standard InChI is InChI=1S/C87H165NO13/c1-3-5-7-9-11-13-15-17-19-21-23-25-27-29-31-33-34-35-36-37-38-39-40-41-43-45-47-49-51-53-55-57-59-61-63-65-67-69-71-79(92)88-75(74-98-86-84(97)82(95)85(78(73-90)100-86)101-87-83(96)81(94)80(93)77(72-89)99-87)76(91)70-68-66-64-62-60-58-56-54-52-50-48-46-44-42-32-30-28-26-24-22-20-18-16-14-12-10-8-6-4-2/h52,54,60,62,68,70,75-78,80-87,89-91,93-97H,3-51,53,55-59,61,63-67,69,71-74H2,1-2H3,(H,88,92)/b54-52+,62-60+,70-68+. The van der Waals surface area contributed by atoms with Crippen molar-refractivity contribution in [2.45, 2.75) is 492 Å². The SMILES string of the molecule is CCCCCCCCCCCCCCCCCCCCC/C=C/CC/C=C/CC/C=C/C(O)C(COC1OC(CO)C(OC2OC(CO)C(O)C(O)C2O)C(O)C1O)NC(=O)CCCCCCCCCCCCCCCCCCCCCCCCCCCCCCCCCCCCCCCC. The van der Waals surface area contributed by atoms with E-state index in [1.54, 1.807) is 6.08 Å². The average Bonchev–Trinajstić information content (AvgIpc) is 0.791. The fraction of sp³-hybridized carbons (Fsp3) is 0.920. The van der Waals surface area contributed by atoms with Crippen LogP contribution in [0, 0.1) is 0 Å². The molecule has 2 aliphatic heterocycles. The van der Waals surface area contributed by atoms with Gasteiger partial charge in [-0.25, -0.2) is 0 Å². The molecular formula is C87H165NO13. The smallest absolute Gasteiger partial charge is 0.220 e. The number of aliphatic hydroxyl groups is 8. The van der Waals surface area contributed by atoms with Crippen molar-refractivity contribution in [2.24, 2.45) is 0 Å². The van der Waals surface area contributed by atoms with E-state index in [1.165, 1.54) is 340 Å². The molecule has 9 N–H and O–H groups in total. The fourth-order valence-corrected chi connectivity index (χ4v) is 14.7. The highest BCUT2D eigenvalue weighted by molar-refractivity contribution is 5.76. The quantitative estimate of drug-likeness (QED) is 0.0204. The Kier molecular flexibility index (Phi) is 67.1. The Hall–Kier alpha value is -1.79. The predicted molar refractivity (Wildman–Crippen MR) is 420 cm³/mol. The Balaban J connectivity index is 1.58. The van der Waals surface area contributed by atoms with Crippen molar-refractivity contribution in [1.29, 1.82) is 0 Å². The van der Waals surface area contributed by atoms with E-state index in [9.17, 15) is 45.6 Å². The maximum absolute atomic E-state index is 13.4. The third-order valence-corrected chi connectivity index (χ3v) is 21.6. The maximum atomic E-state index is 13.4. The lowest BCUT2D eigenvalue weighted by Crippen LogP contribution is -2.65. The number of carbonyl (C=O) groups is 1. The van der Waals surface area contributed by atoms with Crippen LogP contribution in [-0.2, 0) is 23.7 Å². The number of aliphatic hydroxyl groups excluding tert-OH is 8. The van der Waals surface area contributed by atoms with E-state index >= 15 is 0 Å². The number of allylic oxidation sites excluding steroid dienone is 5. The van der Waals surface area contributed by atoms with Gasteiger partial charge < -0.3 is 65.1 Å². The summed E-state index contributed by atoms with van der Waals surface area (Å²) in [6, 6.07) is -0.939. The summed E-state index contributed by atoms with van der Waals surface area (Å²) in [6.07, 6.45) is 78.4. The van der Waals surface area contributed by atoms with E-state index < -0.39 is 86.8 Å². The van der Waals surface area contributed by atoms with E-state index in [0.29, 0.717) is 12.8 Å². The largest absolute Gasteiger partial charge is 0.394 e. The average molecular weight is 1430 g/mol. The van der Waals surface area contributed by atoms with Gasteiger partial charge >= 0.3 is 0 Å². The lowest BCUT2D eigenvalue weighted by molar-refractivity contribution is -0.359. The molecule has 12 unspecified atom stereocenters. The molecule has 14 nitrogen and oxygen atoms in total. The van der Waals surface area contributed by atoms with Gasteiger partial charge in [0.1, 0.15) is 48.8 Å². The topological polar surface area (TPSA) is 228 Å². The lowest BCUT2D eigenvalue weighted by Gasteiger charge is -2.46. The van der Waals surface area contributed by atoms with Gasteiger partial charge in [-0.3, -0.25) is 4.79 Å². The van der Waals surface area contributed by atoms with Crippen molar-refractivity contribution < 1.29 is 64.6 Å². The van der Waals surface area contributed by atoms with E-state index in [0.717, 1.165) is 44.9 Å². The number of rotatable bonds is 75. The van der Waals surface area contributed by atoms with Gasteiger partial charge in [0, 0.05) is 6.42 Å². The van der Waals surface area contributed by atoms with Gasteiger partial charge in [0.15, 0.2) is 12.6 Å². The van der Waals surface area contributed by atoms with Gasteiger partial charge in [-0.15, -0.1) is 0 Å². The summed E-state index contributed by atoms with van der Waals surface area (Å²) in [6.45, 7) is 2.85. The molecule has 0 saturated carbocycles. The summed E-state index contributed by atoms with van der Waals surface area (Å²) >= 11 is 0. The number of hydrogen-bond donors (Lipinski definition) is 9. The third kappa shape index (κ3) is 53.6. The minimum atomic E-state index is -1.79. The first-order valence-corrected chi connectivity index (χ1v) is 43.7. The van der Waals surface area contributed by atoms with Gasteiger partial charge in [0.05, 0.1) is 32.0 Å². The molecule has 0 aromatic carbocycles. The number of hydrogen-bond acceptors (Lipinski definition) is 13. The summed E-state index contributed by atoms with van der Waals surface area (Å²) in [7, 11) is 0. The zero-order valence-corrected chi connectivity index (χ0v) is 65.7. The van der Waals surface area contributed by atoms with Crippen LogP contribution in [0.15, 0.2) is 36.5 Å². The zero-order valence-electron chi connectivity index (χ0n) is 65.7. The van der Waals surface area contributed by atoms with E-state index in [-0.39, 0.29) is 18.9 Å². The Morgan fingerprint density at radius 3 is 0.970 bits per heavy atom. The van der Waals surface area contributed by atoms with Gasteiger partial charge in [-0.05, 0) is 44.9 Å². The predicted octanol–water partition coefficient (Wildman–Crippen LogP) is 20.8. The number of carbonyl (C=O) groups excluding carboxylic acids is 1. The zero-order chi connectivity index (χ0) is 73.0. The molecule has 12 atom stereocenters. The third-order valence-electron chi connectivity index (χ3n) is 21.6. The molecule has 2 fully saturated rings. The molecule has 596 valence electrons. The van der Waals surface area contributed by atoms with Crippen LogP contribution in [0.4, 0.5) is 0 Å².